The van der Waals surface area contributed by atoms with E-state index in [2.05, 4.69) is 4.98 Å². The van der Waals surface area contributed by atoms with Gasteiger partial charge in [0.2, 0.25) is 0 Å². The average Bonchev–Trinajstić information content (AvgIpc) is 2.10. The van der Waals surface area contributed by atoms with Crippen LogP contribution >= 0.6 is 34.2 Å². The fourth-order valence-electron chi connectivity index (χ4n) is 1.07. The summed E-state index contributed by atoms with van der Waals surface area (Å²) in [5.74, 6) is -1.22. The Bertz CT molecular complexity index is 400. The van der Waals surface area contributed by atoms with E-state index in [0.717, 1.165) is 0 Å². The predicted molar refractivity (Wildman–Crippen MR) is 58.3 cm³/mol. The summed E-state index contributed by atoms with van der Waals surface area (Å²) in [4.78, 5) is 14.1. The van der Waals surface area contributed by atoms with Crippen molar-refractivity contribution < 1.29 is 18.7 Å². The molecule has 0 atom stereocenters. The Morgan fingerprint density at radius 2 is 2.27 bits per heavy atom. The van der Waals surface area contributed by atoms with E-state index in [9.17, 15) is 13.6 Å². The van der Waals surface area contributed by atoms with Crippen molar-refractivity contribution in [1.82, 2.24) is 4.98 Å². The highest BCUT2D eigenvalue weighted by atomic mass is 127. The highest BCUT2D eigenvalue weighted by Gasteiger charge is 2.21. The third kappa shape index (κ3) is 2.97. The SMILES string of the molecule is O=C(O)Cc1c(Cl)ncc(I)c1C(F)F. The minimum atomic E-state index is -2.76. The first kappa shape index (κ1) is 12.6. The molecule has 7 heteroatoms. The van der Waals surface area contributed by atoms with Crippen molar-refractivity contribution in [3.05, 3.63) is 26.0 Å². The van der Waals surface area contributed by atoms with Crippen LogP contribution in [-0.2, 0) is 11.2 Å². The summed E-state index contributed by atoms with van der Waals surface area (Å²) in [6, 6.07) is 0. The molecule has 0 aliphatic rings. The molecule has 3 nitrogen and oxygen atoms in total. The van der Waals surface area contributed by atoms with Crippen molar-refractivity contribution in [2.45, 2.75) is 12.8 Å². The maximum absolute atomic E-state index is 12.6. The molecule has 0 saturated heterocycles. The molecule has 1 rings (SSSR count). The summed E-state index contributed by atoms with van der Waals surface area (Å²) in [5, 5.41) is 8.37. The number of aliphatic carboxylic acids is 1. The number of pyridine rings is 1. The minimum Gasteiger partial charge on any atom is -0.481 e. The lowest BCUT2D eigenvalue weighted by Crippen LogP contribution is -2.07. The molecule has 0 fully saturated rings. The topological polar surface area (TPSA) is 50.2 Å². The van der Waals surface area contributed by atoms with Gasteiger partial charge in [0.05, 0.1) is 6.42 Å². The Morgan fingerprint density at radius 1 is 1.67 bits per heavy atom. The van der Waals surface area contributed by atoms with Crippen LogP contribution in [-0.4, -0.2) is 16.1 Å². The number of nitrogens with zero attached hydrogens (tertiary/aromatic N) is 1. The molecule has 0 aromatic carbocycles. The molecule has 15 heavy (non-hydrogen) atoms. The van der Waals surface area contributed by atoms with E-state index in [4.69, 9.17) is 16.7 Å². The highest BCUT2D eigenvalue weighted by molar-refractivity contribution is 14.1. The average molecular weight is 347 g/mol. The third-order valence-corrected chi connectivity index (χ3v) is 2.85. The van der Waals surface area contributed by atoms with Gasteiger partial charge in [-0.1, -0.05) is 11.6 Å². The number of carboxylic acid groups (broad SMARTS) is 1. The molecule has 1 aromatic rings. The summed E-state index contributed by atoms with van der Waals surface area (Å²) in [6.07, 6.45) is -2.12. The number of alkyl halides is 2. The monoisotopic (exact) mass is 347 g/mol. The molecule has 0 amide bonds. The lowest BCUT2D eigenvalue weighted by atomic mass is 10.1. The van der Waals surface area contributed by atoms with Crippen LogP contribution in [0.3, 0.4) is 0 Å². The largest absolute Gasteiger partial charge is 0.481 e. The number of hydrogen-bond donors (Lipinski definition) is 1. The number of rotatable bonds is 3. The van der Waals surface area contributed by atoms with E-state index >= 15 is 0 Å². The van der Waals surface area contributed by atoms with E-state index in [0.29, 0.717) is 0 Å². The fourth-order valence-corrected chi connectivity index (χ4v) is 1.99. The van der Waals surface area contributed by atoms with Gasteiger partial charge in [-0.15, -0.1) is 0 Å². The lowest BCUT2D eigenvalue weighted by Gasteiger charge is -2.10. The van der Waals surface area contributed by atoms with Crippen LogP contribution in [0, 0.1) is 3.57 Å². The molecule has 0 aliphatic carbocycles. The Morgan fingerprint density at radius 3 is 2.73 bits per heavy atom. The minimum absolute atomic E-state index is 0.119. The fraction of sp³-hybridized carbons (Fsp3) is 0.250. The Labute approximate surface area is 103 Å². The summed E-state index contributed by atoms with van der Waals surface area (Å²) in [6.45, 7) is 0. The summed E-state index contributed by atoms with van der Waals surface area (Å²) in [5.41, 5.74) is -0.468. The van der Waals surface area contributed by atoms with Crippen LogP contribution in [0.5, 0.6) is 0 Å². The van der Waals surface area contributed by atoms with Crippen LogP contribution in [0.25, 0.3) is 0 Å². The molecule has 0 saturated carbocycles. The molecule has 0 bridgehead atoms. The van der Waals surface area contributed by atoms with Gasteiger partial charge in [0, 0.05) is 20.9 Å². The Balaban J connectivity index is 3.31. The van der Waals surface area contributed by atoms with Gasteiger partial charge in [-0.2, -0.15) is 0 Å². The maximum atomic E-state index is 12.6. The van der Waals surface area contributed by atoms with Crippen molar-refractivity contribution in [2.24, 2.45) is 0 Å². The first-order valence-corrected chi connectivity index (χ1v) is 5.22. The number of carbonyl (C=O) groups is 1. The van der Waals surface area contributed by atoms with Crippen molar-refractivity contribution in [1.29, 1.82) is 0 Å². The molecule has 0 aliphatic heterocycles. The summed E-state index contributed by atoms with van der Waals surface area (Å²) in [7, 11) is 0. The second-order valence-corrected chi connectivity index (χ2v) is 4.18. The van der Waals surface area contributed by atoms with E-state index in [1.54, 1.807) is 22.6 Å². The standard InChI is InChI=1S/C8H5ClF2INO2/c9-7-3(1-5(14)15)6(8(10)11)4(12)2-13-7/h2,8H,1H2,(H,14,15). The van der Waals surface area contributed by atoms with Gasteiger partial charge in [-0.3, -0.25) is 4.79 Å². The van der Waals surface area contributed by atoms with Crippen molar-refractivity contribution in [3.63, 3.8) is 0 Å². The normalized spacial score (nSPS) is 10.7. The zero-order chi connectivity index (χ0) is 11.6. The number of carboxylic acids is 1. The van der Waals surface area contributed by atoms with Gasteiger partial charge >= 0.3 is 5.97 Å². The van der Waals surface area contributed by atoms with E-state index in [-0.39, 0.29) is 19.9 Å². The number of aromatic nitrogens is 1. The molecule has 82 valence electrons. The summed E-state index contributed by atoms with van der Waals surface area (Å²) < 4.78 is 25.5. The van der Waals surface area contributed by atoms with Gasteiger partial charge in [-0.05, 0) is 22.6 Å². The van der Waals surface area contributed by atoms with Gasteiger partial charge < -0.3 is 5.11 Å². The van der Waals surface area contributed by atoms with Gasteiger partial charge in [0.25, 0.3) is 6.43 Å². The molecule has 1 aromatic heterocycles. The highest BCUT2D eigenvalue weighted by Crippen LogP contribution is 2.31. The molecular weight excluding hydrogens is 342 g/mol. The lowest BCUT2D eigenvalue weighted by molar-refractivity contribution is -0.136. The zero-order valence-corrected chi connectivity index (χ0v) is 10.1. The van der Waals surface area contributed by atoms with Crippen LogP contribution in [0.1, 0.15) is 17.6 Å². The molecular formula is C8H5ClF2INO2. The molecule has 0 radical (unpaired) electrons. The zero-order valence-electron chi connectivity index (χ0n) is 7.18. The van der Waals surface area contributed by atoms with Crippen LogP contribution in [0.4, 0.5) is 8.78 Å². The van der Waals surface area contributed by atoms with Gasteiger partial charge in [0.15, 0.2) is 0 Å². The van der Waals surface area contributed by atoms with Crippen LogP contribution in [0.2, 0.25) is 5.15 Å². The first-order valence-electron chi connectivity index (χ1n) is 3.76. The van der Waals surface area contributed by atoms with Gasteiger partial charge in [0.1, 0.15) is 5.15 Å². The third-order valence-electron chi connectivity index (χ3n) is 1.67. The van der Waals surface area contributed by atoms with Crippen molar-refractivity contribution >= 4 is 40.2 Å². The molecule has 1 N–H and O–H groups in total. The Kier molecular flexibility index (Phi) is 4.21. The maximum Gasteiger partial charge on any atom is 0.307 e. The van der Waals surface area contributed by atoms with Crippen molar-refractivity contribution in [2.75, 3.05) is 0 Å². The first-order chi connectivity index (χ1) is 6.93. The second kappa shape index (κ2) is 5.02. The molecule has 1 heterocycles. The quantitative estimate of drug-likeness (QED) is 0.676. The van der Waals surface area contributed by atoms with E-state index < -0.39 is 18.8 Å². The second-order valence-electron chi connectivity index (χ2n) is 2.66. The predicted octanol–water partition coefficient (Wildman–Crippen LogP) is 2.90. The van der Waals surface area contributed by atoms with Crippen LogP contribution in [0.15, 0.2) is 6.20 Å². The van der Waals surface area contributed by atoms with E-state index in [1.807, 2.05) is 0 Å². The Hall–Kier alpha value is -0.500. The van der Waals surface area contributed by atoms with Crippen LogP contribution < -0.4 is 0 Å². The van der Waals surface area contributed by atoms with Gasteiger partial charge in [-0.25, -0.2) is 13.8 Å². The van der Waals surface area contributed by atoms with E-state index in [1.165, 1.54) is 6.20 Å². The molecule has 0 spiro atoms. The summed E-state index contributed by atoms with van der Waals surface area (Å²) >= 11 is 7.25. The molecule has 0 unspecified atom stereocenters. The van der Waals surface area contributed by atoms with Crippen molar-refractivity contribution in [3.8, 4) is 0 Å². The number of hydrogen-bond acceptors (Lipinski definition) is 2. The number of halogens is 4. The smallest absolute Gasteiger partial charge is 0.307 e.